The second kappa shape index (κ2) is 5.76. The maximum Gasteiger partial charge on any atom is 0.328 e. The molecule has 0 aliphatic heterocycles. The molecule has 0 saturated heterocycles. The van der Waals surface area contributed by atoms with Gasteiger partial charge in [0, 0.05) is 12.1 Å². The molecule has 0 amide bonds. The number of carboxylic acids is 1. The van der Waals surface area contributed by atoms with Crippen molar-refractivity contribution in [3.8, 4) is 5.75 Å². The average molecular weight is 255 g/mol. The zero-order valence-corrected chi connectivity index (χ0v) is 9.42. The maximum absolute atomic E-state index is 13.4. The van der Waals surface area contributed by atoms with E-state index in [1.807, 2.05) is 0 Å². The number of para-hydroxylation sites is 1. The van der Waals surface area contributed by atoms with Crippen molar-refractivity contribution in [3.63, 3.8) is 0 Å². The number of hydrogen-bond acceptors (Lipinski definition) is 4. The second-order valence-electron chi connectivity index (χ2n) is 3.46. The third kappa shape index (κ3) is 3.55. The van der Waals surface area contributed by atoms with E-state index < -0.39 is 28.1 Å². The van der Waals surface area contributed by atoms with Gasteiger partial charge < -0.3 is 9.84 Å². The van der Waals surface area contributed by atoms with Crippen molar-refractivity contribution >= 4 is 11.7 Å². The molecule has 1 N–H and O–H groups in total. The molecule has 96 valence electrons. The van der Waals surface area contributed by atoms with E-state index in [-0.39, 0.29) is 6.61 Å². The van der Waals surface area contributed by atoms with Gasteiger partial charge in [-0.25, -0.2) is 9.18 Å². The van der Waals surface area contributed by atoms with Gasteiger partial charge in [0.2, 0.25) is 5.75 Å². The van der Waals surface area contributed by atoms with Gasteiger partial charge in [0.25, 0.3) is 0 Å². The number of nitrogens with zero attached hydrogens (tertiary/aromatic N) is 1. The number of carboxylic acid groups (broad SMARTS) is 1. The molecule has 6 nitrogen and oxygen atoms in total. The minimum absolute atomic E-state index is 0.242. The van der Waals surface area contributed by atoms with Gasteiger partial charge in [-0.1, -0.05) is 6.07 Å². The predicted molar refractivity (Wildman–Crippen MR) is 59.9 cm³/mol. The Balaban J connectivity index is 2.91. The van der Waals surface area contributed by atoms with E-state index in [0.717, 1.165) is 18.2 Å². The monoisotopic (exact) mass is 255 g/mol. The fourth-order valence-electron chi connectivity index (χ4n) is 1.22. The smallest absolute Gasteiger partial charge is 0.328 e. The minimum Gasteiger partial charge on any atom is -0.480 e. The van der Waals surface area contributed by atoms with Crippen LogP contribution in [0, 0.1) is 15.9 Å². The number of hydrogen-bond donors (Lipinski definition) is 1. The third-order valence-electron chi connectivity index (χ3n) is 1.96. The summed E-state index contributed by atoms with van der Waals surface area (Å²) in [5.74, 6) is -2.54. The predicted octanol–water partition coefficient (Wildman–Crippen LogP) is 2.14. The SMILES string of the molecule is C/C(=C/C(=O)O)COc1c(F)cccc1[N+](=O)[O-]. The van der Waals surface area contributed by atoms with Crippen LogP contribution in [-0.4, -0.2) is 22.6 Å². The summed E-state index contributed by atoms with van der Waals surface area (Å²) >= 11 is 0. The first-order valence-corrected chi connectivity index (χ1v) is 4.87. The van der Waals surface area contributed by atoms with Crippen LogP contribution in [0.2, 0.25) is 0 Å². The van der Waals surface area contributed by atoms with E-state index in [0.29, 0.717) is 5.57 Å². The summed E-state index contributed by atoms with van der Waals surface area (Å²) in [6.45, 7) is 1.22. The summed E-state index contributed by atoms with van der Waals surface area (Å²) in [6.07, 6.45) is 0.882. The first kappa shape index (κ1) is 13.6. The Morgan fingerprint density at radius 2 is 2.28 bits per heavy atom. The quantitative estimate of drug-likeness (QED) is 0.494. The molecule has 0 aliphatic carbocycles. The van der Waals surface area contributed by atoms with E-state index in [1.54, 1.807) is 0 Å². The van der Waals surface area contributed by atoms with Crippen LogP contribution < -0.4 is 4.74 Å². The van der Waals surface area contributed by atoms with Crippen LogP contribution >= 0.6 is 0 Å². The van der Waals surface area contributed by atoms with Gasteiger partial charge >= 0.3 is 11.7 Å². The highest BCUT2D eigenvalue weighted by Crippen LogP contribution is 2.29. The highest BCUT2D eigenvalue weighted by Gasteiger charge is 2.19. The second-order valence-corrected chi connectivity index (χ2v) is 3.46. The molecule has 0 spiro atoms. The molecule has 0 bridgehead atoms. The number of carbonyl (C=O) groups is 1. The Morgan fingerprint density at radius 1 is 1.61 bits per heavy atom. The lowest BCUT2D eigenvalue weighted by Gasteiger charge is -2.07. The Kier molecular flexibility index (Phi) is 4.36. The van der Waals surface area contributed by atoms with Crippen LogP contribution in [0.4, 0.5) is 10.1 Å². The van der Waals surface area contributed by atoms with Crippen LogP contribution in [0.5, 0.6) is 5.75 Å². The Labute approximate surface area is 101 Å². The zero-order valence-electron chi connectivity index (χ0n) is 9.42. The fourth-order valence-corrected chi connectivity index (χ4v) is 1.22. The summed E-state index contributed by atoms with van der Waals surface area (Å²) < 4.78 is 18.3. The number of benzene rings is 1. The maximum atomic E-state index is 13.4. The summed E-state index contributed by atoms with van der Waals surface area (Å²) in [7, 11) is 0. The van der Waals surface area contributed by atoms with Crippen LogP contribution in [0.25, 0.3) is 0 Å². The van der Waals surface area contributed by atoms with Gasteiger partial charge in [-0.3, -0.25) is 10.1 Å². The first-order valence-electron chi connectivity index (χ1n) is 4.87. The summed E-state index contributed by atoms with van der Waals surface area (Å²) in [6, 6.07) is 3.33. The van der Waals surface area contributed by atoms with Gasteiger partial charge in [0.05, 0.1) is 4.92 Å². The zero-order chi connectivity index (χ0) is 13.7. The average Bonchev–Trinajstić information content (AvgIpc) is 2.25. The summed E-state index contributed by atoms with van der Waals surface area (Å²) in [4.78, 5) is 20.2. The lowest BCUT2D eigenvalue weighted by atomic mass is 10.2. The molecule has 1 aromatic rings. The summed E-state index contributed by atoms with van der Waals surface area (Å²) in [5, 5.41) is 19.1. The molecule has 0 unspecified atom stereocenters. The van der Waals surface area contributed by atoms with E-state index in [9.17, 15) is 19.3 Å². The van der Waals surface area contributed by atoms with Crippen LogP contribution in [-0.2, 0) is 4.79 Å². The van der Waals surface area contributed by atoms with Crippen molar-refractivity contribution in [1.82, 2.24) is 0 Å². The molecule has 0 atom stereocenters. The molecular formula is C11H10FNO5. The molecule has 0 aromatic heterocycles. The van der Waals surface area contributed by atoms with Crippen molar-refractivity contribution in [2.75, 3.05) is 6.61 Å². The highest BCUT2D eigenvalue weighted by atomic mass is 19.1. The van der Waals surface area contributed by atoms with Crippen molar-refractivity contribution in [1.29, 1.82) is 0 Å². The van der Waals surface area contributed by atoms with Gasteiger partial charge in [0.15, 0.2) is 5.82 Å². The Hall–Kier alpha value is -2.44. The summed E-state index contributed by atoms with van der Waals surface area (Å²) in [5.41, 5.74) is -0.196. The lowest BCUT2D eigenvalue weighted by molar-refractivity contribution is -0.386. The van der Waals surface area contributed by atoms with Gasteiger partial charge in [0.1, 0.15) is 6.61 Å². The van der Waals surface area contributed by atoms with Gasteiger partial charge in [-0.05, 0) is 18.6 Å². The van der Waals surface area contributed by atoms with Gasteiger partial charge in [-0.2, -0.15) is 0 Å². The number of ether oxygens (including phenoxy) is 1. The number of halogens is 1. The Morgan fingerprint density at radius 3 is 2.83 bits per heavy atom. The molecule has 0 saturated carbocycles. The van der Waals surface area contributed by atoms with Crippen molar-refractivity contribution < 1.29 is 24.0 Å². The molecule has 0 fully saturated rings. The minimum atomic E-state index is -1.17. The molecule has 0 heterocycles. The van der Waals surface area contributed by atoms with Crippen molar-refractivity contribution in [2.45, 2.75) is 6.92 Å². The van der Waals surface area contributed by atoms with Crippen molar-refractivity contribution in [2.24, 2.45) is 0 Å². The first-order chi connectivity index (χ1) is 8.41. The normalized spacial score (nSPS) is 11.1. The number of nitro benzene ring substituents is 1. The fraction of sp³-hybridized carbons (Fsp3) is 0.182. The molecule has 1 aromatic carbocycles. The highest BCUT2D eigenvalue weighted by molar-refractivity contribution is 5.80. The third-order valence-corrected chi connectivity index (χ3v) is 1.96. The molecule has 1 rings (SSSR count). The van der Waals surface area contributed by atoms with Crippen LogP contribution in [0.15, 0.2) is 29.8 Å². The number of nitro groups is 1. The molecule has 7 heteroatoms. The number of aliphatic carboxylic acids is 1. The largest absolute Gasteiger partial charge is 0.480 e. The molecule has 18 heavy (non-hydrogen) atoms. The van der Waals surface area contributed by atoms with Gasteiger partial charge in [-0.15, -0.1) is 0 Å². The van der Waals surface area contributed by atoms with E-state index in [1.165, 1.54) is 13.0 Å². The van der Waals surface area contributed by atoms with Crippen molar-refractivity contribution in [3.05, 3.63) is 45.8 Å². The van der Waals surface area contributed by atoms with Crippen LogP contribution in [0.1, 0.15) is 6.92 Å². The molecular weight excluding hydrogens is 245 g/mol. The molecule has 0 radical (unpaired) electrons. The topological polar surface area (TPSA) is 89.7 Å². The van der Waals surface area contributed by atoms with E-state index in [4.69, 9.17) is 9.84 Å². The Bertz CT molecular complexity index is 512. The van der Waals surface area contributed by atoms with E-state index >= 15 is 0 Å². The lowest BCUT2D eigenvalue weighted by Crippen LogP contribution is -2.05. The van der Waals surface area contributed by atoms with Crippen LogP contribution in [0.3, 0.4) is 0 Å². The standard InChI is InChI=1S/C11H10FNO5/c1-7(5-10(14)15)6-18-11-8(12)3-2-4-9(11)13(16)17/h2-5H,6H2,1H3,(H,14,15)/b7-5-. The number of rotatable bonds is 5. The molecule has 0 aliphatic rings. The van der Waals surface area contributed by atoms with E-state index in [2.05, 4.69) is 0 Å².